The van der Waals surface area contributed by atoms with E-state index in [0.29, 0.717) is 25.6 Å². The number of hydrogen-bond acceptors (Lipinski definition) is 3. The number of ether oxygens (including phenoxy) is 1. The molecule has 170 valence electrons. The van der Waals surface area contributed by atoms with E-state index in [1.54, 1.807) is 12.1 Å². The van der Waals surface area contributed by atoms with Gasteiger partial charge in [-0.05, 0) is 74.3 Å². The fourth-order valence-electron chi connectivity index (χ4n) is 3.71. The van der Waals surface area contributed by atoms with Crippen LogP contribution in [0.25, 0.3) is 0 Å². The molecule has 2 aromatic rings. The summed E-state index contributed by atoms with van der Waals surface area (Å²) < 4.78 is 19.0. The van der Waals surface area contributed by atoms with Crippen LogP contribution in [0.15, 0.2) is 48.5 Å². The van der Waals surface area contributed by atoms with Crippen LogP contribution in [0.2, 0.25) is 0 Å². The molecule has 0 aliphatic carbocycles. The Morgan fingerprint density at radius 3 is 2.35 bits per heavy atom. The van der Waals surface area contributed by atoms with Crippen molar-refractivity contribution in [3.05, 3.63) is 65.5 Å². The summed E-state index contributed by atoms with van der Waals surface area (Å²) in [6, 6.07) is 14.3. The molecular weight excluding hydrogens is 393 g/mol. The highest BCUT2D eigenvalue weighted by atomic mass is 19.1. The Morgan fingerprint density at radius 2 is 1.74 bits per heavy atom. The Labute approximate surface area is 186 Å². The molecule has 0 bridgehead atoms. The van der Waals surface area contributed by atoms with Crippen molar-refractivity contribution in [3.63, 3.8) is 0 Å². The van der Waals surface area contributed by atoms with Crippen LogP contribution in [-0.2, 0) is 13.1 Å². The molecule has 31 heavy (non-hydrogen) atoms. The Hall–Kier alpha value is -2.60. The Bertz CT molecular complexity index is 822. The maximum absolute atomic E-state index is 13.3. The van der Waals surface area contributed by atoms with Gasteiger partial charge >= 0.3 is 6.03 Å². The third-order valence-corrected chi connectivity index (χ3v) is 5.61. The van der Waals surface area contributed by atoms with Crippen LogP contribution >= 0.6 is 0 Å². The van der Waals surface area contributed by atoms with Gasteiger partial charge in [-0.2, -0.15) is 0 Å². The summed E-state index contributed by atoms with van der Waals surface area (Å²) in [5, 5.41) is 3.07. The number of amides is 2. The van der Waals surface area contributed by atoms with Gasteiger partial charge in [0.1, 0.15) is 11.6 Å². The van der Waals surface area contributed by atoms with Gasteiger partial charge in [-0.25, -0.2) is 9.18 Å². The molecule has 0 spiro atoms. The fraction of sp³-hybridized carbons (Fsp3) is 0.480. The van der Waals surface area contributed by atoms with E-state index < -0.39 is 0 Å². The van der Waals surface area contributed by atoms with Crippen molar-refractivity contribution in [2.75, 3.05) is 26.7 Å². The number of carbonyl (C=O) groups excluding carboxylic acids is 1. The molecule has 6 heteroatoms. The molecule has 3 rings (SSSR count). The lowest BCUT2D eigenvalue weighted by Gasteiger charge is -2.37. The zero-order chi connectivity index (χ0) is 22.2. The van der Waals surface area contributed by atoms with Gasteiger partial charge in [0.25, 0.3) is 0 Å². The molecule has 0 radical (unpaired) electrons. The van der Waals surface area contributed by atoms with Crippen LogP contribution in [-0.4, -0.2) is 48.6 Å². The molecule has 1 aliphatic rings. The van der Waals surface area contributed by atoms with E-state index in [9.17, 15) is 9.18 Å². The van der Waals surface area contributed by atoms with Gasteiger partial charge in [0, 0.05) is 20.6 Å². The molecule has 1 heterocycles. The van der Waals surface area contributed by atoms with Gasteiger partial charge in [0.15, 0.2) is 0 Å². The van der Waals surface area contributed by atoms with Crippen LogP contribution in [0.3, 0.4) is 0 Å². The number of hydrogen-bond donors (Lipinski definition) is 1. The maximum Gasteiger partial charge on any atom is 0.318 e. The van der Waals surface area contributed by atoms with Crippen molar-refractivity contribution < 1.29 is 15.3 Å². The first-order valence-electron chi connectivity index (χ1n) is 11.1. The number of halogens is 1. The topological polar surface area (TPSA) is 44.8 Å². The molecule has 0 saturated carbocycles. The van der Waals surface area contributed by atoms with E-state index in [-0.39, 0.29) is 19.3 Å². The molecule has 1 aliphatic heterocycles. The summed E-state index contributed by atoms with van der Waals surface area (Å²) in [6.45, 7) is 7.78. The third kappa shape index (κ3) is 7.24. The molecule has 2 amide bonds. The minimum atomic E-state index is -0.264. The number of nitrogens with one attached hydrogen (secondary N) is 1. The highest BCUT2D eigenvalue weighted by Crippen LogP contribution is 2.19. The first kappa shape index (κ1) is 23.1. The normalized spacial score (nSPS) is 15.1. The standard InChI is InChI=1S/C25H34FN3O2.H2/c1-19(2)18-31-24-10-6-20(7-11-24)16-27-25(30)29(23-12-14-28(3)15-13-23)17-21-4-8-22(26)9-5-21;/h4-11,19,23H,12-18H2,1-3H3,(H,27,30);1H. The number of benzene rings is 2. The van der Waals surface area contributed by atoms with E-state index in [4.69, 9.17) is 4.74 Å². The van der Waals surface area contributed by atoms with Crippen molar-refractivity contribution >= 4 is 6.03 Å². The quantitative estimate of drug-likeness (QED) is 0.648. The fourth-order valence-corrected chi connectivity index (χ4v) is 3.71. The van der Waals surface area contributed by atoms with Gasteiger partial charge in [-0.1, -0.05) is 38.1 Å². The maximum atomic E-state index is 13.3. The highest BCUT2D eigenvalue weighted by Gasteiger charge is 2.27. The lowest BCUT2D eigenvalue weighted by Crippen LogP contribution is -2.49. The van der Waals surface area contributed by atoms with E-state index in [2.05, 4.69) is 31.1 Å². The number of likely N-dealkylation sites (tertiary alicyclic amines) is 1. The van der Waals surface area contributed by atoms with Crippen LogP contribution in [0.5, 0.6) is 5.75 Å². The van der Waals surface area contributed by atoms with E-state index in [1.807, 2.05) is 29.2 Å². The van der Waals surface area contributed by atoms with Gasteiger partial charge < -0.3 is 19.9 Å². The summed E-state index contributed by atoms with van der Waals surface area (Å²) >= 11 is 0. The summed E-state index contributed by atoms with van der Waals surface area (Å²) in [6.07, 6.45) is 1.88. The Kier molecular flexibility index (Phi) is 8.29. The summed E-state index contributed by atoms with van der Waals surface area (Å²) in [5.74, 6) is 1.05. The number of piperidine rings is 1. The molecule has 1 fully saturated rings. The second-order valence-electron chi connectivity index (χ2n) is 8.80. The van der Waals surface area contributed by atoms with Crippen molar-refractivity contribution in [3.8, 4) is 5.75 Å². The van der Waals surface area contributed by atoms with E-state index >= 15 is 0 Å². The lowest BCUT2D eigenvalue weighted by molar-refractivity contribution is 0.127. The molecular formula is C25H36FN3O2. The Morgan fingerprint density at radius 1 is 1.13 bits per heavy atom. The van der Waals surface area contributed by atoms with Crippen LogP contribution in [0, 0.1) is 11.7 Å². The minimum absolute atomic E-state index is 0. The molecule has 1 N–H and O–H groups in total. The van der Waals surface area contributed by atoms with Crippen molar-refractivity contribution in [1.29, 1.82) is 0 Å². The monoisotopic (exact) mass is 429 g/mol. The smallest absolute Gasteiger partial charge is 0.318 e. The summed E-state index contributed by atoms with van der Waals surface area (Å²) in [5.41, 5.74) is 1.96. The third-order valence-electron chi connectivity index (χ3n) is 5.61. The summed E-state index contributed by atoms with van der Waals surface area (Å²) in [7, 11) is 2.11. The minimum Gasteiger partial charge on any atom is -0.493 e. The van der Waals surface area contributed by atoms with Crippen LogP contribution in [0.4, 0.5) is 9.18 Å². The van der Waals surface area contributed by atoms with E-state index in [1.165, 1.54) is 12.1 Å². The van der Waals surface area contributed by atoms with Crippen LogP contribution < -0.4 is 10.1 Å². The van der Waals surface area contributed by atoms with Gasteiger partial charge in [0.05, 0.1) is 6.61 Å². The molecule has 1 saturated heterocycles. The van der Waals surface area contributed by atoms with E-state index in [0.717, 1.165) is 42.8 Å². The Balaban J connectivity index is 0.00000363. The first-order valence-corrected chi connectivity index (χ1v) is 11.1. The highest BCUT2D eigenvalue weighted by molar-refractivity contribution is 5.74. The summed E-state index contributed by atoms with van der Waals surface area (Å²) in [4.78, 5) is 17.3. The van der Waals surface area contributed by atoms with Crippen molar-refractivity contribution in [2.45, 2.75) is 45.8 Å². The lowest BCUT2D eigenvalue weighted by atomic mass is 10.0. The largest absolute Gasteiger partial charge is 0.493 e. The SMILES string of the molecule is CC(C)COc1ccc(CNC(=O)N(Cc2ccc(F)cc2)C2CCN(C)CC2)cc1.[HH]. The van der Waals surface area contributed by atoms with Gasteiger partial charge in [-0.3, -0.25) is 0 Å². The second-order valence-corrected chi connectivity index (χ2v) is 8.80. The van der Waals surface area contributed by atoms with Gasteiger partial charge in [0.2, 0.25) is 0 Å². The van der Waals surface area contributed by atoms with Crippen LogP contribution in [0.1, 0.15) is 39.2 Å². The molecule has 2 aromatic carbocycles. The zero-order valence-electron chi connectivity index (χ0n) is 18.8. The molecule has 5 nitrogen and oxygen atoms in total. The van der Waals surface area contributed by atoms with Crippen molar-refractivity contribution in [2.24, 2.45) is 5.92 Å². The number of rotatable bonds is 8. The predicted molar refractivity (Wildman–Crippen MR) is 124 cm³/mol. The number of carbonyl (C=O) groups is 1. The molecule has 0 unspecified atom stereocenters. The number of nitrogens with zero attached hydrogens (tertiary/aromatic N) is 2. The average molecular weight is 430 g/mol. The molecule has 0 aromatic heterocycles. The first-order chi connectivity index (χ1) is 14.9. The second kappa shape index (κ2) is 11.1. The zero-order valence-corrected chi connectivity index (χ0v) is 18.8. The van der Waals surface area contributed by atoms with Gasteiger partial charge in [-0.15, -0.1) is 0 Å². The predicted octanol–water partition coefficient (Wildman–Crippen LogP) is 4.91. The van der Waals surface area contributed by atoms with Crippen molar-refractivity contribution in [1.82, 2.24) is 15.1 Å². The number of urea groups is 1. The molecule has 0 atom stereocenters. The average Bonchev–Trinajstić information content (AvgIpc) is 2.77.